The number of rotatable bonds is 12. The van der Waals surface area contributed by atoms with E-state index in [1.165, 1.54) is 25.2 Å². The number of hydrogen-bond acceptors (Lipinski definition) is 6. The molecule has 1 N–H and O–H groups in total. The van der Waals surface area contributed by atoms with Crippen molar-refractivity contribution >= 4 is 27.5 Å². The number of anilines is 1. The summed E-state index contributed by atoms with van der Waals surface area (Å²) < 4.78 is 37.0. The third-order valence-electron chi connectivity index (χ3n) is 5.94. The van der Waals surface area contributed by atoms with Crippen molar-refractivity contribution in [2.24, 2.45) is 0 Å². The Morgan fingerprint density at radius 3 is 2.25 bits per heavy atom. The number of benzene rings is 2. The Hall–Kier alpha value is -3.27. The molecule has 0 spiro atoms. The average Bonchev–Trinajstić information content (AvgIpc) is 2.83. The molecule has 10 heteroatoms. The van der Waals surface area contributed by atoms with Gasteiger partial charge in [-0.05, 0) is 44.9 Å². The Bertz CT molecular complexity index is 1170. The van der Waals surface area contributed by atoms with Gasteiger partial charge in [-0.2, -0.15) is 0 Å². The smallest absolute Gasteiger partial charge is 0.244 e. The van der Waals surface area contributed by atoms with E-state index in [0.29, 0.717) is 11.5 Å². The molecule has 0 fully saturated rings. The highest BCUT2D eigenvalue weighted by molar-refractivity contribution is 7.92. The molecule has 198 valence electrons. The molecule has 2 atom stereocenters. The Labute approximate surface area is 214 Å². The summed E-state index contributed by atoms with van der Waals surface area (Å²) in [6.45, 7) is 7.10. The second-order valence-electron chi connectivity index (χ2n) is 8.81. The van der Waals surface area contributed by atoms with Crippen LogP contribution in [0.3, 0.4) is 0 Å². The third-order valence-corrected chi connectivity index (χ3v) is 7.08. The van der Waals surface area contributed by atoms with Crippen LogP contribution in [-0.4, -0.2) is 64.2 Å². The summed E-state index contributed by atoms with van der Waals surface area (Å²) in [6.07, 6.45) is 1.77. The standard InChI is InChI=1S/C26H37N3O6S/c1-8-19(3)27-26(31)20(4)28(16-21-11-9-10-18(2)14-21)25(30)17-29(36(7,32)33)22-12-13-23(34-5)24(15-22)35-6/h9-15,19-20H,8,16-17H2,1-7H3,(H,27,31)/t19-,20-/m0/s1. The number of aryl methyl sites for hydroxylation is 1. The van der Waals surface area contributed by atoms with Gasteiger partial charge >= 0.3 is 0 Å². The lowest BCUT2D eigenvalue weighted by molar-refractivity contribution is -0.139. The van der Waals surface area contributed by atoms with Gasteiger partial charge in [-0.15, -0.1) is 0 Å². The molecule has 2 rings (SSSR count). The fourth-order valence-corrected chi connectivity index (χ4v) is 4.49. The minimum absolute atomic E-state index is 0.0600. The summed E-state index contributed by atoms with van der Waals surface area (Å²) in [4.78, 5) is 28.0. The number of carbonyl (C=O) groups is 2. The Kier molecular flexibility index (Phi) is 10.2. The monoisotopic (exact) mass is 519 g/mol. The van der Waals surface area contributed by atoms with Crippen molar-refractivity contribution in [2.45, 2.75) is 52.7 Å². The van der Waals surface area contributed by atoms with Gasteiger partial charge in [0.1, 0.15) is 12.6 Å². The third kappa shape index (κ3) is 7.61. The molecule has 0 heterocycles. The van der Waals surface area contributed by atoms with E-state index in [1.54, 1.807) is 19.1 Å². The molecule has 0 aromatic heterocycles. The molecule has 2 aromatic rings. The highest BCUT2D eigenvalue weighted by Crippen LogP contribution is 2.32. The SMILES string of the molecule is CC[C@H](C)NC(=O)[C@H](C)N(Cc1cccc(C)c1)C(=O)CN(c1ccc(OC)c(OC)c1)S(C)(=O)=O. The highest BCUT2D eigenvalue weighted by Gasteiger charge is 2.30. The van der Waals surface area contributed by atoms with E-state index in [1.807, 2.05) is 45.0 Å². The minimum Gasteiger partial charge on any atom is -0.493 e. The van der Waals surface area contributed by atoms with Gasteiger partial charge in [-0.3, -0.25) is 13.9 Å². The van der Waals surface area contributed by atoms with Crippen molar-refractivity contribution in [3.05, 3.63) is 53.6 Å². The van der Waals surface area contributed by atoms with Gasteiger partial charge in [0.2, 0.25) is 21.8 Å². The molecule has 0 radical (unpaired) electrons. The Morgan fingerprint density at radius 1 is 1.03 bits per heavy atom. The van der Waals surface area contributed by atoms with Crippen molar-refractivity contribution < 1.29 is 27.5 Å². The molecule has 36 heavy (non-hydrogen) atoms. The summed E-state index contributed by atoms with van der Waals surface area (Å²) in [6, 6.07) is 11.4. The fraction of sp³-hybridized carbons (Fsp3) is 0.462. The molecule has 2 amide bonds. The molecule has 9 nitrogen and oxygen atoms in total. The average molecular weight is 520 g/mol. The predicted molar refractivity (Wildman–Crippen MR) is 141 cm³/mol. The lowest BCUT2D eigenvalue weighted by atomic mass is 10.1. The van der Waals surface area contributed by atoms with E-state index in [9.17, 15) is 18.0 Å². The van der Waals surface area contributed by atoms with Crippen LogP contribution in [0.2, 0.25) is 0 Å². The van der Waals surface area contributed by atoms with Crippen LogP contribution in [0.5, 0.6) is 11.5 Å². The van der Waals surface area contributed by atoms with Crippen LogP contribution < -0.4 is 19.1 Å². The quantitative estimate of drug-likeness (QED) is 0.462. The molecule has 0 aliphatic carbocycles. The zero-order valence-electron chi connectivity index (χ0n) is 22.1. The zero-order chi connectivity index (χ0) is 27.0. The molecular formula is C26H37N3O6S. The summed E-state index contributed by atoms with van der Waals surface area (Å²) >= 11 is 0. The highest BCUT2D eigenvalue weighted by atomic mass is 32.2. The second kappa shape index (κ2) is 12.6. The first-order valence-electron chi connectivity index (χ1n) is 11.8. The summed E-state index contributed by atoms with van der Waals surface area (Å²) in [5.41, 5.74) is 2.10. The van der Waals surface area contributed by atoms with Crippen LogP contribution in [0.4, 0.5) is 5.69 Å². The van der Waals surface area contributed by atoms with Gasteiger partial charge in [0.25, 0.3) is 0 Å². The van der Waals surface area contributed by atoms with Crippen LogP contribution in [0.1, 0.15) is 38.3 Å². The van der Waals surface area contributed by atoms with Crippen molar-refractivity contribution in [3.8, 4) is 11.5 Å². The van der Waals surface area contributed by atoms with Gasteiger partial charge in [0.15, 0.2) is 11.5 Å². The van der Waals surface area contributed by atoms with E-state index < -0.39 is 28.5 Å². The molecule has 0 aliphatic rings. The van der Waals surface area contributed by atoms with Gasteiger partial charge in [-0.1, -0.05) is 36.8 Å². The van der Waals surface area contributed by atoms with E-state index >= 15 is 0 Å². The van der Waals surface area contributed by atoms with Crippen LogP contribution in [0.15, 0.2) is 42.5 Å². The molecule has 0 bridgehead atoms. The first-order chi connectivity index (χ1) is 16.9. The molecule has 0 saturated heterocycles. The van der Waals surface area contributed by atoms with E-state index in [4.69, 9.17) is 9.47 Å². The Morgan fingerprint density at radius 2 is 1.69 bits per heavy atom. The van der Waals surface area contributed by atoms with Crippen molar-refractivity contribution in [3.63, 3.8) is 0 Å². The molecular weight excluding hydrogens is 482 g/mol. The first-order valence-corrected chi connectivity index (χ1v) is 13.6. The van der Waals surface area contributed by atoms with Crippen LogP contribution in [0, 0.1) is 6.92 Å². The summed E-state index contributed by atoms with van der Waals surface area (Å²) in [5, 5.41) is 2.91. The molecule has 2 aromatic carbocycles. The van der Waals surface area contributed by atoms with E-state index in [0.717, 1.165) is 28.1 Å². The lowest BCUT2D eigenvalue weighted by Crippen LogP contribution is -2.52. The zero-order valence-corrected chi connectivity index (χ0v) is 22.9. The van der Waals surface area contributed by atoms with E-state index in [2.05, 4.69) is 5.32 Å². The molecule has 0 unspecified atom stereocenters. The normalized spacial score (nSPS) is 12.9. The minimum atomic E-state index is -3.85. The number of amides is 2. The Balaban J connectivity index is 2.44. The van der Waals surface area contributed by atoms with Crippen LogP contribution >= 0.6 is 0 Å². The van der Waals surface area contributed by atoms with Crippen LogP contribution in [0.25, 0.3) is 0 Å². The van der Waals surface area contributed by atoms with Crippen LogP contribution in [-0.2, 0) is 26.2 Å². The summed E-state index contributed by atoms with van der Waals surface area (Å²) in [5.74, 6) is -0.0580. The van der Waals surface area contributed by atoms with E-state index in [-0.39, 0.29) is 24.2 Å². The fourth-order valence-electron chi connectivity index (χ4n) is 3.65. The maximum absolute atomic E-state index is 13.6. The second-order valence-corrected chi connectivity index (χ2v) is 10.7. The van der Waals surface area contributed by atoms with Gasteiger partial charge in [0.05, 0.1) is 26.2 Å². The lowest BCUT2D eigenvalue weighted by Gasteiger charge is -2.32. The number of nitrogens with one attached hydrogen (secondary N) is 1. The van der Waals surface area contributed by atoms with Gasteiger partial charge in [0, 0.05) is 18.7 Å². The molecule has 0 saturated carbocycles. The number of ether oxygens (including phenoxy) is 2. The van der Waals surface area contributed by atoms with Crippen molar-refractivity contribution in [1.29, 1.82) is 0 Å². The maximum Gasteiger partial charge on any atom is 0.244 e. The van der Waals surface area contributed by atoms with Gasteiger partial charge in [-0.25, -0.2) is 8.42 Å². The van der Waals surface area contributed by atoms with Gasteiger partial charge < -0.3 is 19.7 Å². The number of methoxy groups -OCH3 is 2. The number of nitrogens with zero attached hydrogens (tertiary/aromatic N) is 2. The number of carbonyl (C=O) groups excluding carboxylic acids is 2. The molecule has 0 aliphatic heterocycles. The maximum atomic E-state index is 13.6. The summed E-state index contributed by atoms with van der Waals surface area (Å²) in [7, 11) is -0.931. The number of sulfonamides is 1. The first kappa shape index (κ1) is 29.0. The van der Waals surface area contributed by atoms with Crippen molar-refractivity contribution in [2.75, 3.05) is 31.3 Å². The predicted octanol–water partition coefficient (Wildman–Crippen LogP) is 3.11. The topological polar surface area (TPSA) is 105 Å². The van der Waals surface area contributed by atoms with Crippen molar-refractivity contribution in [1.82, 2.24) is 10.2 Å². The largest absolute Gasteiger partial charge is 0.493 e. The number of hydrogen-bond donors (Lipinski definition) is 1.